The number of rotatable bonds is 6. The molecule has 4 heteroatoms. The number of hydrogen-bond donors (Lipinski definition) is 1. The summed E-state index contributed by atoms with van der Waals surface area (Å²) < 4.78 is 0. The summed E-state index contributed by atoms with van der Waals surface area (Å²) in [5.74, 6) is -0.202. The number of nitrogens with zero attached hydrogens (tertiary/aromatic N) is 1. The smallest absolute Gasteiger partial charge is 0.318 e. The number of piperidine rings is 1. The van der Waals surface area contributed by atoms with Crippen molar-refractivity contribution in [2.24, 2.45) is 5.92 Å². The Balaban J connectivity index is 0.00000208. The van der Waals surface area contributed by atoms with Gasteiger partial charge in [0.25, 0.3) is 0 Å². The first kappa shape index (κ1) is 19.0. The number of likely N-dealkylation sites (tertiary alicyclic amines) is 1. The molecule has 1 aromatic rings. The van der Waals surface area contributed by atoms with E-state index in [4.69, 9.17) is 0 Å². The van der Waals surface area contributed by atoms with Crippen LogP contribution < -0.4 is 0 Å². The number of hydrogen-bond acceptors (Lipinski definition) is 2. The first-order valence-electron chi connectivity index (χ1n) is 8.90. The van der Waals surface area contributed by atoms with E-state index in [-0.39, 0.29) is 12.4 Å². The molecule has 1 saturated heterocycles. The van der Waals surface area contributed by atoms with E-state index >= 15 is 0 Å². The molecule has 3 rings (SSSR count). The summed E-state index contributed by atoms with van der Waals surface area (Å²) in [5, 5.41) is 9.95. The fourth-order valence-electron chi connectivity index (χ4n) is 4.07. The van der Waals surface area contributed by atoms with Crippen LogP contribution in [0.1, 0.15) is 50.2 Å². The van der Waals surface area contributed by atoms with E-state index in [9.17, 15) is 9.90 Å². The molecule has 132 valence electrons. The number of fused-ring (bicyclic) bond motifs is 1. The van der Waals surface area contributed by atoms with Crippen molar-refractivity contribution >= 4 is 24.5 Å². The Morgan fingerprint density at radius 1 is 1.29 bits per heavy atom. The van der Waals surface area contributed by atoms with Crippen molar-refractivity contribution < 1.29 is 9.90 Å². The molecule has 1 atom stereocenters. The van der Waals surface area contributed by atoms with E-state index in [1.165, 1.54) is 19.4 Å². The minimum absolute atomic E-state index is 0. The second kappa shape index (κ2) is 8.17. The number of halogens is 1. The van der Waals surface area contributed by atoms with Crippen LogP contribution in [0.3, 0.4) is 0 Å². The van der Waals surface area contributed by atoms with Crippen LogP contribution in [0.15, 0.2) is 30.3 Å². The molecule has 0 radical (unpaired) electrons. The molecule has 0 bridgehead atoms. The van der Waals surface area contributed by atoms with Crippen molar-refractivity contribution in [2.75, 3.05) is 19.6 Å². The monoisotopic (exact) mass is 349 g/mol. The lowest BCUT2D eigenvalue weighted by Crippen LogP contribution is -2.39. The lowest BCUT2D eigenvalue weighted by molar-refractivity contribution is -0.142. The molecule has 24 heavy (non-hydrogen) atoms. The molecule has 3 nitrogen and oxygen atoms in total. The van der Waals surface area contributed by atoms with E-state index in [0.29, 0.717) is 5.92 Å². The average molecular weight is 350 g/mol. The molecular weight excluding hydrogens is 322 g/mol. The largest absolute Gasteiger partial charge is 0.480 e. The Bertz CT molecular complexity index is 593. The third kappa shape index (κ3) is 3.68. The second-order valence-electron chi connectivity index (χ2n) is 7.04. The number of carboxylic acid groups (broad SMARTS) is 1. The van der Waals surface area contributed by atoms with Crippen LogP contribution in [0.25, 0.3) is 6.08 Å². The minimum atomic E-state index is -0.813. The lowest BCUT2D eigenvalue weighted by Gasteiger charge is -2.36. The van der Waals surface area contributed by atoms with Gasteiger partial charge in [-0.3, -0.25) is 4.79 Å². The molecule has 1 aliphatic heterocycles. The summed E-state index contributed by atoms with van der Waals surface area (Å²) >= 11 is 0. The second-order valence-corrected chi connectivity index (χ2v) is 7.04. The zero-order chi connectivity index (χ0) is 16.3. The maximum absolute atomic E-state index is 12.1. The van der Waals surface area contributed by atoms with Gasteiger partial charge in [0, 0.05) is 0 Å². The Hall–Kier alpha value is -1.32. The standard InChI is InChI=1S/C20H27NO2.ClH/c1-2-3-12-21-13-9-16(10-14-21)15-20(19(22)23)11-8-17-6-4-5-7-18(17)20;/h4-8,11,16H,2-3,9-10,12-15H2,1H3,(H,22,23);1H. The maximum Gasteiger partial charge on any atom is 0.318 e. The highest BCUT2D eigenvalue weighted by molar-refractivity contribution is 5.90. The maximum atomic E-state index is 12.1. The Kier molecular flexibility index (Phi) is 6.47. The van der Waals surface area contributed by atoms with E-state index in [1.54, 1.807) is 0 Å². The Morgan fingerprint density at radius 2 is 2.00 bits per heavy atom. The van der Waals surface area contributed by atoms with Crippen LogP contribution in [0.2, 0.25) is 0 Å². The van der Waals surface area contributed by atoms with Gasteiger partial charge in [0.15, 0.2) is 0 Å². The number of carboxylic acids is 1. The van der Waals surface area contributed by atoms with E-state index in [0.717, 1.165) is 43.5 Å². The van der Waals surface area contributed by atoms with Crippen molar-refractivity contribution in [1.82, 2.24) is 4.90 Å². The molecule has 1 N–H and O–H groups in total. The molecule has 2 aliphatic rings. The molecule has 0 amide bonds. The van der Waals surface area contributed by atoms with Gasteiger partial charge in [-0.2, -0.15) is 0 Å². The number of carbonyl (C=O) groups is 1. The van der Waals surface area contributed by atoms with Crippen LogP contribution in [-0.2, 0) is 10.2 Å². The predicted molar refractivity (Wildman–Crippen MR) is 101 cm³/mol. The highest BCUT2D eigenvalue weighted by atomic mass is 35.5. The minimum Gasteiger partial charge on any atom is -0.480 e. The molecule has 0 saturated carbocycles. The summed E-state index contributed by atoms with van der Waals surface area (Å²) in [4.78, 5) is 14.6. The number of unbranched alkanes of at least 4 members (excludes halogenated alkanes) is 1. The van der Waals surface area contributed by atoms with Gasteiger partial charge in [-0.05, 0) is 62.4 Å². The van der Waals surface area contributed by atoms with Crippen molar-refractivity contribution in [3.05, 3.63) is 41.5 Å². The third-order valence-electron chi connectivity index (χ3n) is 5.52. The SMILES string of the molecule is CCCCN1CCC(CC2(C(=O)O)C=Cc3ccccc32)CC1.Cl. The van der Waals surface area contributed by atoms with E-state index in [2.05, 4.69) is 11.8 Å². The van der Waals surface area contributed by atoms with Gasteiger partial charge < -0.3 is 10.0 Å². The zero-order valence-corrected chi connectivity index (χ0v) is 15.2. The van der Waals surface area contributed by atoms with Crippen molar-refractivity contribution in [2.45, 2.75) is 44.4 Å². The van der Waals surface area contributed by atoms with Crippen molar-refractivity contribution in [3.8, 4) is 0 Å². The summed E-state index contributed by atoms with van der Waals surface area (Å²) in [5.41, 5.74) is 1.23. The van der Waals surface area contributed by atoms with Gasteiger partial charge in [0.05, 0.1) is 0 Å². The topological polar surface area (TPSA) is 40.5 Å². The van der Waals surface area contributed by atoms with E-state index in [1.807, 2.05) is 36.4 Å². The molecule has 1 aliphatic carbocycles. The highest BCUT2D eigenvalue weighted by Crippen LogP contribution is 2.43. The first-order chi connectivity index (χ1) is 11.2. The molecule has 0 spiro atoms. The summed E-state index contributed by atoms with van der Waals surface area (Å²) in [6, 6.07) is 7.94. The quantitative estimate of drug-likeness (QED) is 0.829. The van der Waals surface area contributed by atoms with Gasteiger partial charge in [-0.25, -0.2) is 0 Å². The fourth-order valence-corrected chi connectivity index (χ4v) is 4.07. The summed E-state index contributed by atoms with van der Waals surface area (Å²) in [6.07, 6.45) is 9.38. The molecular formula is C20H28ClNO2. The van der Waals surface area contributed by atoms with Crippen molar-refractivity contribution in [3.63, 3.8) is 0 Å². The number of aliphatic carboxylic acids is 1. The molecule has 1 heterocycles. The highest BCUT2D eigenvalue weighted by Gasteiger charge is 2.44. The van der Waals surface area contributed by atoms with Crippen LogP contribution in [0, 0.1) is 5.92 Å². The predicted octanol–water partition coefficient (Wildman–Crippen LogP) is 4.36. The van der Waals surface area contributed by atoms with Gasteiger partial charge in [-0.1, -0.05) is 49.8 Å². The van der Waals surface area contributed by atoms with E-state index < -0.39 is 11.4 Å². The first-order valence-corrected chi connectivity index (χ1v) is 8.90. The molecule has 0 aromatic heterocycles. The zero-order valence-electron chi connectivity index (χ0n) is 14.4. The van der Waals surface area contributed by atoms with Crippen molar-refractivity contribution in [1.29, 1.82) is 0 Å². The van der Waals surface area contributed by atoms with Gasteiger partial charge in [-0.15, -0.1) is 12.4 Å². The van der Waals surface area contributed by atoms with Crippen LogP contribution >= 0.6 is 12.4 Å². The number of benzene rings is 1. The van der Waals surface area contributed by atoms with Crippen LogP contribution in [0.5, 0.6) is 0 Å². The Labute approximate surface area is 151 Å². The van der Waals surface area contributed by atoms with Crippen LogP contribution in [-0.4, -0.2) is 35.6 Å². The average Bonchev–Trinajstić information content (AvgIpc) is 2.94. The normalized spacial score (nSPS) is 23.7. The summed E-state index contributed by atoms with van der Waals surface area (Å²) in [7, 11) is 0. The lowest BCUT2D eigenvalue weighted by atomic mass is 9.73. The third-order valence-corrected chi connectivity index (χ3v) is 5.52. The van der Waals surface area contributed by atoms with Crippen LogP contribution in [0.4, 0.5) is 0 Å². The van der Waals surface area contributed by atoms with Gasteiger partial charge in [0.2, 0.25) is 0 Å². The molecule has 1 fully saturated rings. The Morgan fingerprint density at radius 3 is 2.67 bits per heavy atom. The molecule has 1 aromatic carbocycles. The van der Waals surface area contributed by atoms with Gasteiger partial charge in [0.1, 0.15) is 5.41 Å². The fraction of sp³-hybridized carbons (Fsp3) is 0.550. The van der Waals surface area contributed by atoms with Gasteiger partial charge >= 0.3 is 5.97 Å². The molecule has 1 unspecified atom stereocenters. The summed E-state index contributed by atoms with van der Waals surface area (Å²) in [6.45, 7) is 5.65.